The lowest BCUT2D eigenvalue weighted by molar-refractivity contribution is 0.509. The van der Waals surface area contributed by atoms with Crippen LogP contribution in [-0.2, 0) is 10.0 Å². The van der Waals surface area contributed by atoms with Crippen LogP contribution in [0.15, 0.2) is 12.1 Å². The van der Waals surface area contributed by atoms with Crippen molar-refractivity contribution >= 4 is 15.7 Å². The number of hydrogen-bond donors (Lipinski definition) is 1. The lowest BCUT2D eigenvalue weighted by Gasteiger charge is -2.07. The largest absolute Gasteiger partial charge is 0.282 e. The minimum absolute atomic E-state index is 0.225. The first-order valence-electron chi connectivity index (χ1n) is 4.29. The van der Waals surface area contributed by atoms with E-state index in [1.54, 1.807) is 6.07 Å². The van der Waals surface area contributed by atoms with Crippen molar-refractivity contribution in [2.45, 2.75) is 6.92 Å². The van der Waals surface area contributed by atoms with Crippen molar-refractivity contribution in [3.05, 3.63) is 29.3 Å². The van der Waals surface area contributed by atoms with E-state index >= 15 is 0 Å². The normalized spacial score (nSPS) is 10.9. The van der Waals surface area contributed by atoms with Gasteiger partial charge in [0, 0.05) is 6.07 Å². The van der Waals surface area contributed by atoms with E-state index in [0.717, 1.165) is 0 Å². The summed E-state index contributed by atoms with van der Waals surface area (Å²) >= 11 is 0. The molecule has 1 rings (SSSR count). The molecule has 0 amide bonds. The molecule has 0 atom stereocenters. The van der Waals surface area contributed by atoms with E-state index in [4.69, 9.17) is 5.26 Å². The molecule has 0 aliphatic heterocycles. The standard InChI is InChI=1S/C9H8F2N2O2S/c1-2-16(14,15)13-9-4-8(11)7(10)3-6(9)5-12/h3-4,13H,2H2,1H3. The van der Waals surface area contributed by atoms with Gasteiger partial charge in [0.15, 0.2) is 11.6 Å². The lowest BCUT2D eigenvalue weighted by Crippen LogP contribution is -2.15. The minimum Gasteiger partial charge on any atom is -0.282 e. The summed E-state index contributed by atoms with van der Waals surface area (Å²) in [6.07, 6.45) is 0. The predicted molar refractivity (Wildman–Crippen MR) is 54.2 cm³/mol. The van der Waals surface area contributed by atoms with Crippen LogP contribution in [0.5, 0.6) is 0 Å². The molecule has 0 aromatic heterocycles. The molecule has 0 aliphatic carbocycles. The van der Waals surface area contributed by atoms with Gasteiger partial charge in [0.1, 0.15) is 6.07 Å². The van der Waals surface area contributed by atoms with Crippen LogP contribution in [-0.4, -0.2) is 14.2 Å². The van der Waals surface area contributed by atoms with Crippen molar-refractivity contribution in [1.29, 1.82) is 5.26 Å². The molecular formula is C9H8F2N2O2S. The maximum Gasteiger partial charge on any atom is 0.232 e. The average molecular weight is 246 g/mol. The van der Waals surface area contributed by atoms with Crippen molar-refractivity contribution in [1.82, 2.24) is 0 Å². The van der Waals surface area contributed by atoms with Crippen LogP contribution in [0.3, 0.4) is 0 Å². The van der Waals surface area contributed by atoms with Crippen LogP contribution in [0.4, 0.5) is 14.5 Å². The first-order valence-corrected chi connectivity index (χ1v) is 5.94. The van der Waals surface area contributed by atoms with Crippen LogP contribution < -0.4 is 4.72 Å². The molecule has 1 aromatic rings. The summed E-state index contributed by atoms with van der Waals surface area (Å²) in [5.74, 6) is -2.64. The monoisotopic (exact) mass is 246 g/mol. The van der Waals surface area contributed by atoms with E-state index in [1.165, 1.54) is 6.92 Å². The molecule has 1 aromatic carbocycles. The van der Waals surface area contributed by atoms with Gasteiger partial charge in [-0.05, 0) is 13.0 Å². The third-order valence-electron chi connectivity index (χ3n) is 1.83. The molecule has 0 saturated heterocycles. The summed E-state index contributed by atoms with van der Waals surface area (Å²) in [6, 6.07) is 2.86. The second kappa shape index (κ2) is 4.45. The summed E-state index contributed by atoms with van der Waals surface area (Å²) < 4.78 is 50.0. The quantitative estimate of drug-likeness (QED) is 0.880. The second-order valence-corrected chi connectivity index (χ2v) is 4.94. The Balaban J connectivity index is 3.25. The van der Waals surface area contributed by atoms with Crippen LogP contribution in [0, 0.1) is 23.0 Å². The van der Waals surface area contributed by atoms with Crippen molar-refractivity contribution in [3.63, 3.8) is 0 Å². The summed E-state index contributed by atoms with van der Waals surface area (Å²) in [6.45, 7) is 1.38. The van der Waals surface area contributed by atoms with Crippen LogP contribution in [0.1, 0.15) is 12.5 Å². The summed E-state index contributed by atoms with van der Waals surface area (Å²) in [5.41, 5.74) is -0.529. The number of sulfonamides is 1. The van der Waals surface area contributed by atoms with Gasteiger partial charge in [-0.1, -0.05) is 0 Å². The highest BCUT2D eigenvalue weighted by Crippen LogP contribution is 2.20. The first kappa shape index (κ1) is 12.4. The van der Waals surface area contributed by atoms with E-state index < -0.39 is 21.7 Å². The second-order valence-electron chi connectivity index (χ2n) is 2.93. The number of anilines is 1. The van der Waals surface area contributed by atoms with Gasteiger partial charge in [-0.3, -0.25) is 4.72 Å². The molecule has 0 heterocycles. The maximum atomic E-state index is 12.9. The minimum atomic E-state index is -3.62. The van der Waals surface area contributed by atoms with Gasteiger partial charge >= 0.3 is 0 Å². The van der Waals surface area contributed by atoms with E-state index in [1.807, 2.05) is 4.72 Å². The zero-order valence-corrected chi connectivity index (χ0v) is 9.11. The first-order chi connectivity index (χ1) is 7.39. The molecule has 16 heavy (non-hydrogen) atoms. The molecule has 0 spiro atoms. The maximum absolute atomic E-state index is 12.9. The fourth-order valence-electron chi connectivity index (χ4n) is 0.963. The Labute approximate surface area is 91.6 Å². The highest BCUT2D eigenvalue weighted by atomic mass is 32.2. The smallest absolute Gasteiger partial charge is 0.232 e. The number of nitriles is 1. The molecule has 0 saturated carbocycles. The molecule has 0 bridgehead atoms. The molecule has 1 N–H and O–H groups in total. The van der Waals surface area contributed by atoms with Crippen LogP contribution in [0.25, 0.3) is 0 Å². The van der Waals surface area contributed by atoms with Crippen molar-refractivity contribution in [2.24, 2.45) is 0 Å². The van der Waals surface area contributed by atoms with Crippen molar-refractivity contribution in [3.8, 4) is 6.07 Å². The molecule has 0 fully saturated rings. The highest BCUT2D eigenvalue weighted by Gasteiger charge is 2.14. The zero-order valence-electron chi connectivity index (χ0n) is 8.29. The average Bonchev–Trinajstić information content (AvgIpc) is 2.22. The Bertz CT molecular complexity index is 549. The van der Waals surface area contributed by atoms with Crippen LogP contribution >= 0.6 is 0 Å². The number of nitrogens with one attached hydrogen (secondary N) is 1. The van der Waals surface area contributed by atoms with Gasteiger partial charge in [0.05, 0.1) is 17.0 Å². The van der Waals surface area contributed by atoms with Gasteiger partial charge in [0.2, 0.25) is 10.0 Å². The predicted octanol–water partition coefficient (Wildman–Crippen LogP) is 1.60. The molecule has 0 aliphatic rings. The Morgan fingerprint density at radius 2 is 1.94 bits per heavy atom. The van der Waals surface area contributed by atoms with Crippen molar-refractivity contribution in [2.75, 3.05) is 10.5 Å². The van der Waals surface area contributed by atoms with Crippen LogP contribution in [0.2, 0.25) is 0 Å². The van der Waals surface area contributed by atoms with E-state index in [-0.39, 0.29) is 17.0 Å². The third-order valence-corrected chi connectivity index (χ3v) is 3.12. The van der Waals surface area contributed by atoms with Gasteiger partial charge < -0.3 is 0 Å². The lowest BCUT2D eigenvalue weighted by atomic mass is 10.2. The van der Waals surface area contributed by atoms with Gasteiger partial charge in [-0.25, -0.2) is 17.2 Å². The summed E-state index contributed by atoms with van der Waals surface area (Å²) in [7, 11) is -3.62. The molecule has 0 unspecified atom stereocenters. The molecule has 4 nitrogen and oxygen atoms in total. The van der Waals surface area contributed by atoms with E-state index in [2.05, 4.69) is 0 Å². The zero-order chi connectivity index (χ0) is 12.3. The summed E-state index contributed by atoms with van der Waals surface area (Å²) in [4.78, 5) is 0. The number of halogens is 2. The molecule has 0 radical (unpaired) electrons. The van der Waals surface area contributed by atoms with Gasteiger partial charge in [-0.2, -0.15) is 5.26 Å². The van der Waals surface area contributed by atoms with Gasteiger partial charge in [-0.15, -0.1) is 0 Å². The Morgan fingerprint density at radius 3 is 2.44 bits per heavy atom. The number of hydrogen-bond acceptors (Lipinski definition) is 3. The molecule has 7 heteroatoms. The van der Waals surface area contributed by atoms with Gasteiger partial charge in [0.25, 0.3) is 0 Å². The molecular weight excluding hydrogens is 238 g/mol. The number of rotatable bonds is 3. The Kier molecular flexibility index (Phi) is 3.44. The molecule has 86 valence electrons. The third kappa shape index (κ3) is 2.67. The SMILES string of the molecule is CCS(=O)(=O)Nc1cc(F)c(F)cc1C#N. The Hall–Kier alpha value is -1.68. The Morgan fingerprint density at radius 1 is 1.38 bits per heavy atom. The number of benzene rings is 1. The fraction of sp³-hybridized carbons (Fsp3) is 0.222. The highest BCUT2D eigenvalue weighted by molar-refractivity contribution is 7.92. The number of nitrogens with zero attached hydrogens (tertiary/aromatic N) is 1. The topological polar surface area (TPSA) is 70.0 Å². The van der Waals surface area contributed by atoms with E-state index in [9.17, 15) is 17.2 Å². The van der Waals surface area contributed by atoms with E-state index in [0.29, 0.717) is 12.1 Å². The van der Waals surface area contributed by atoms with Crippen molar-refractivity contribution < 1.29 is 17.2 Å². The summed E-state index contributed by atoms with van der Waals surface area (Å²) in [5, 5.41) is 8.63. The fourth-order valence-corrected chi connectivity index (χ4v) is 1.61.